The van der Waals surface area contributed by atoms with Gasteiger partial charge in [0.15, 0.2) is 5.69 Å². The van der Waals surface area contributed by atoms with Crippen molar-refractivity contribution in [3.8, 4) is 0 Å². The molecular weight excluding hydrogens is 344 g/mol. The Kier molecular flexibility index (Phi) is 5.31. The topological polar surface area (TPSA) is 63.7 Å². The minimum absolute atomic E-state index is 0.0301. The standard InChI is InChI=1S/C20H28N4O3/c1-3-24-18-7-6-15(23-8-11-26-12-9-23)13-17(18)19(21-24)20(25)22(2)14-16-5-4-10-27-16/h4-5,10,15H,3,6-9,11-14H2,1-2H3. The van der Waals surface area contributed by atoms with E-state index in [4.69, 9.17) is 14.3 Å². The van der Waals surface area contributed by atoms with Gasteiger partial charge in [-0.15, -0.1) is 0 Å². The Morgan fingerprint density at radius 3 is 2.89 bits per heavy atom. The normalized spacial score (nSPS) is 20.4. The highest BCUT2D eigenvalue weighted by atomic mass is 16.5. The molecule has 146 valence electrons. The lowest BCUT2D eigenvalue weighted by atomic mass is 9.90. The molecular formula is C20H28N4O3. The van der Waals surface area contributed by atoms with Gasteiger partial charge in [0.25, 0.3) is 5.91 Å². The van der Waals surface area contributed by atoms with Gasteiger partial charge in [-0.05, 0) is 38.3 Å². The van der Waals surface area contributed by atoms with Crippen LogP contribution >= 0.6 is 0 Å². The molecule has 4 rings (SSSR count). The van der Waals surface area contributed by atoms with Crippen LogP contribution in [0.3, 0.4) is 0 Å². The van der Waals surface area contributed by atoms with Gasteiger partial charge in [-0.25, -0.2) is 0 Å². The predicted molar refractivity (Wildman–Crippen MR) is 101 cm³/mol. The van der Waals surface area contributed by atoms with E-state index in [-0.39, 0.29) is 5.91 Å². The summed E-state index contributed by atoms with van der Waals surface area (Å²) in [4.78, 5) is 17.3. The van der Waals surface area contributed by atoms with Gasteiger partial charge < -0.3 is 14.1 Å². The van der Waals surface area contributed by atoms with Crippen LogP contribution in [0.4, 0.5) is 0 Å². The summed E-state index contributed by atoms with van der Waals surface area (Å²) < 4.78 is 12.9. The summed E-state index contributed by atoms with van der Waals surface area (Å²) in [5.41, 5.74) is 2.98. The number of aryl methyl sites for hydroxylation is 1. The summed E-state index contributed by atoms with van der Waals surface area (Å²) >= 11 is 0. The van der Waals surface area contributed by atoms with Crippen molar-refractivity contribution in [2.24, 2.45) is 0 Å². The zero-order valence-corrected chi connectivity index (χ0v) is 16.2. The van der Waals surface area contributed by atoms with Gasteiger partial charge in [-0.1, -0.05) is 0 Å². The number of morpholine rings is 1. The fourth-order valence-corrected chi connectivity index (χ4v) is 4.25. The van der Waals surface area contributed by atoms with Crippen LogP contribution in [-0.4, -0.2) is 64.9 Å². The first-order valence-corrected chi connectivity index (χ1v) is 9.85. The molecule has 0 spiro atoms. The van der Waals surface area contributed by atoms with Crippen LogP contribution in [0.5, 0.6) is 0 Å². The van der Waals surface area contributed by atoms with E-state index in [1.807, 2.05) is 23.9 Å². The molecule has 1 atom stereocenters. The number of aromatic nitrogens is 2. The first-order chi connectivity index (χ1) is 13.2. The summed E-state index contributed by atoms with van der Waals surface area (Å²) in [7, 11) is 1.81. The number of furan rings is 1. The van der Waals surface area contributed by atoms with Crippen LogP contribution < -0.4 is 0 Å². The molecule has 7 nitrogen and oxygen atoms in total. The quantitative estimate of drug-likeness (QED) is 0.803. The molecule has 1 fully saturated rings. The summed E-state index contributed by atoms with van der Waals surface area (Å²) in [6, 6.07) is 4.20. The SMILES string of the molecule is CCn1nc(C(=O)N(C)Cc2ccco2)c2c1CCC(N1CCOCC1)C2. The van der Waals surface area contributed by atoms with Crippen LogP contribution in [0.1, 0.15) is 40.9 Å². The molecule has 27 heavy (non-hydrogen) atoms. The van der Waals surface area contributed by atoms with Crippen molar-refractivity contribution in [2.45, 2.75) is 45.3 Å². The molecule has 1 amide bonds. The highest BCUT2D eigenvalue weighted by molar-refractivity contribution is 5.94. The lowest BCUT2D eigenvalue weighted by Crippen LogP contribution is -2.46. The van der Waals surface area contributed by atoms with Gasteiger partial charge in [-0.3, -0.25) is 14.4 Å². The third-order valence-electron chi connectivity index (χ3n) is 5.70. The molecule has 1 aliphatic carbocycles. The molecule has 0 radical (unpaired) electrons. The summed E-state index contributed by atoms with van der Waals surface area (Å²) in [6.07, 6.45) is 4.63. The number of hydrogen-bond donors (Lipinski definition) is 0. The maximum atomic E-state index is 13.1. The zero-order valence-electron chi connectivity index (χ0n) is 16.2. The van der Waals surface area contributed by atoms with Gasteiger partial charge in [0.1, 0.15) is 5.76 Å². The number of amides is 1. The van der Waals surface area contributed by atoms with E-state index in [0.29, 0.717) is 18.3 Å². The van der Waals surface area contributed by atoms with Crippen molar-refractivity contribution in [3.05, 3.63) is 41.1 Å². The molecule has 2 aromatic rings. The first-order valence-electron chi connectivity index (χ1n) is 9.85. The number of carbonyl (C=O) groups excluding carboxylic acids is 1. The molecule has 0 bridgehead atoms. The van der Waals surface area contributed by atoms with Crippen LogP contribution in [-0.2, 0) is 30.7 Å². The van der Waals surface area contributed by atoms with Crippen molar-refractivity contribution in [1.82, 2.24) is 19.6 Å². The highest BCUT2D eigenvalue weighted by Crippen LogP contribution is 2.29. The van der Waals surface area contributed by atoms with Gasteiger partial charge in [0.05, 0.1) is 26.0 Å². The van der Waals surface area contributed by atoms with E-state index in [0.717, 1.165) is 63.4 Å². The van der Waals surface area contributed by atoms with Gasteiger partial charge >= 0.3 is 0 Å². The van der Waals surface area contributed by atoms with Crippen molar-refractivity contribution in [1.29, 1.82) is 0 Å². The fraction of sp³-hybridized carbons (Fsp3) is 0.600. The molecule has 2 aliphatic rings. The van der Waals surface area contributed by atoms with Crippen LogP contribution in [0.2, 0.25) is 0 Å². The number of fused-ring (bicyclic) bond motifs is 1. The van der Waals surface area contributed by atoms with Gasteiger partial charge in [0.2, 0.25) is 0 Å². The van der Waals surface area contributed by atoms with Crippen molar-refractivity contribution < 1.29 is 13.9 Å². The second-order valence-electron chi connectivity index (χ2n) is 7.38. The number of ether oxygens (including phenoxy) is 1. The van der Waals surface area contributed by atoms with Crippen LogP contribution in [0.25, 0.3) is 0 Å². The third kappa shape index (κ3) is 3.66. The Morgan fingerprint density at radius 2 is 2.19 bits per heavy atom. The average Bonchev–Trinajstić information content (AvgIpc) is 3.35. The van der Waals surface area contributed by atoms with Crippen LogP contribution in [0.15, 0.2) is 22.8 Å². The highest BCUT2D eigenvalue weighted by Gasteiger charge is 2.33. The number of carbonyl (C=O) groups is 1. The molecule has 1 unspecified atom stereocenters. The number of hydrogen-bond acceptors (Lipinski definition) is 5. The Labute approximate surface area is 159 Å². The smallest absolute Gasteiger partial charge is 0.274 e. The Balaban J connectivity index is 1.56. The third-order valence-corrected chi connectivity index (χ3v) is 5.70. The summed E-state index contributed by atoms with van der Waals surface area (Å²) in [5.74, 6) is 0.748. The van der Waals surface area contributed by atoms with E-state index in [1.54, 1.807) is 11.2 Å². The second-order valence-corrected chi connectivity index (χ2v) is 7.38. The lowest BCUT2D eigenvalue weighted by molar-refractivity contribution is 0.0135. The molecule has 3 heterocycles. The van der Waals surface area contributed by atoms with E-state index < -0.39 is 0 Å². The van der Waals surface area contributed by atoms with E-state index in [2.05, 4.69) is 11.8 Å². The van der Waals surface area contributed by atoms with Crippen molar-refractivity contribution in [2.75, 3.05) is 33.4 Å². The van der Waals surface area contributed by atoms with Crippen molar-refractivity contribution in [3.63, 3.8) is 0 Å². The van der Waals surface area contributed by atoms with E-state index in [9.17, 15) is 4.79 Å². The predicted octanol–water partition coefficient (Wildman–Crippen LogP) is 1.96. The van der Waals surface area contributed by atoms with E-state index >= 15 is 0 Å². The minimum atomic E-state index is -0.0301. The van der Waals surface area contributed by atoms with Crippen molar-refractivity contribution >= 4 is 5.91 Å². The molecule has 0 N–H and O–H groups in total. The van der Waals surface area contributed by atoms with Gasteiger partial charge in [0, 0.05) is 44.0 Å². The maximum absolute atomic E-state index is 13.1. The van der Waals surface area contributed by atoms with Gasteiger partial charge in [-0.2, -0.15) is 5.10 Å². The number of nitrogens with zero attached hydrogens (tertiary/aromatic N) is 4. The molecule has 1 saturated heterocycles. The number of rotatable bonds is 5. The molecule has 1 aliphatic heterocycles. The van der Waals surface area contributed by atoms with Crippen LogP contribution in [0, 0.1) is 0 Å². The molecule has 2 aromatic heterocycles. The lowest BCUT2D eigenvalue weighted by Gasteiger charge is -2.36. The fourth-order valence-electron chi connectivity index (χ4n) is 4.25. The molecule has 7 heteroatoms. The maximum Gasteiger partial charge on any atom is 0.274 e. The second kappa shape index (κ2) is 7.86. The largest absolute Gasteiger partial charge is 0.467 e. The Morgan fingerprint density at radius 1 is 1.37 bits per heavy atom. The monoisotopic (exact) mass is 372 g/mol. The molecule has 0 aromatic carbocycles. The Bertz CT molecular complexity index is 778. The minimum Gasteiger partial charge on any atom is -0.467 e. The first kappa shape index (κ1) is 18.3. The van der Waals surface area contributed by atoms with E-state index in [1.165, 1.54) is 5.69 Å². The molecule has 0 saturated carbocycles. The summed E-state index contributed by atoms with van der Waals surface area (Å²) in [5, 5.41) is 4.69. The Hall–Kier alpha value is -2.12. The summed E-state index contributed by atoms with van der Waals surface area (Å²) in [6.45, 7) is 6.88. The average molecular weight is 372 g/mol. The zero-order chi connectivity index (χ0) is 18.8.